The van der Waals surface area contributed by atoms with Crippen LogP contribution in [0.3, 0.4) is 0 Å². The Labute approximate surface area is 120 Å². The molecule has 0 fully saturated rings. The molecule has 2 aromatic rings. The van der Waals surface area contributed by atoms with Gasteiger partial charge in [-0.3, -0.25) is 4.79 Å². The fraction of sp³-hybridized carbons (Fsp3) is 0.235. The highest BCUT2D eigenvalue weighted by molar-refractivity contribution is 5.95. The quantitative estimate of drug-likeness (QED) is 0.875. The Morgan fingerprint density at radius 3 is 2.40 bits per heavy atom. The number of amides is 1. The summed E-state index contributed by atoms with van der Waals surface area (Å²) in [4.78, 5) is 12.0. The van der Waals surface area contributed by atoms with Gasteiger partial charge in [0.1, 0.15) is 0 Å². The third-order valence-electron chi connectivity index (χ3n) is 3.34. The highest BCUT2D eigenvalue weighted by Gasteiger charge is 2.12. The minimum Gasteiger partial charge on any atom is -0.324 e. The lowest BCUT2D eigenvalue weighted by Gasteiger charge is -2.14. The second-order valence-corrected chi connectivity index (χ2v) is 4.82. The van der Waals surface area contributed by atoms with Gasteiger partial charge in [-0.2, -0.15) is 0 Å². The zero-order chi connectivity index (χ0) is 14.4. The van der Waals surface area contributed by atoms with Gasteiger partial charge in [0.15, 0.2) is 0 Å². The van der Waals surface area contributed by atoms with Crippen molar-refractivity contribution in [1.82, 2.24) is 5.32 Å². The Balaban J connectivity index is 2.16. The van der Waals surface area contributed by atoms with E-state index in [-0.39, 0.29) is 11.9 Å². The molecule has 20 heavy (non-hydrogen) atoms. The van der Waals surface area contributed by atoms with Gasteiger partial charge in [0, 0.05) is 5.69 Å². The zero-order valence-electron chi connectivity index (χ0n) is 11.9. The van der Waals surface area contributed by atoms with E-state index < -0.39 is 0 Å². The van der Waals surface area contributed by atoms with E-state index in [9.17, 15) is 4.79 Å². The van der Waals surface area contributed by atoms with E-state index in [4.69, 9.17) is 0 Å². The summed E-state index contributed by atoms with van der Waals surface area (Å²) in [5.41, 5.74) is 3.23. The molecule has 0 aliphatic carbocycles. The lowest BCUT2D eigenvalue weighted by atomic mass is 10.0. The summed E-state index contributed by atoms with van der Waals surface area (Å²) in [7, 11) is 1.78. The molecule has 2 aromatic carbocycles. The molecule has 0 heterocycles. The lowest BCUT2D eigenvalue weighted by Crippen LogP contribution is -2.35. The van der Waals surface area contributed by atoms with E-state index >= 15 is 0 Å². The van der Waals surface area contributed by atoms with Gasteiger partial charge in [0.05, 0.1) is 6.04 Å². The van der Waals surface area contributed by atoms with Gasteiger partial charge >= 0.3 is 0 Å². The molecule has 0 saturated carbocycles. The summed E-state index contributed by atoms with van der Waals surface area (Å²) in [5, 5.41) is 5.92. The number of hydrogen-bond donors (Lipinski definition) is 2. The predicted octanol–water partition coefficient (Wildman–Crippen LogP) is 2.82. The van der Waals surface area contributed by atoms with Crippen LogP contribution in [0.25, 0.3) is 0 Å². The number of rotatable bonds is 5. The average Bonchev–Trinajstić information content (AvgIpc) is 2.49. The van der Waals surface area contributed by atoms with Crippen molar-refractivity contribution in [3.8, 4) is 0 Å². The number of carbonyl (C=O) groups excluding carboxylic acids is 1. The van der Waals surface area contributed by atoms with Gasteiger partial charge in [0.2, 0.25) is 5.91 Å². The normalized spacial score (nSPS) is 11.9. The third kappa shape index (κ3) is 3.68. The van der Waals surface area contributed by atoms with E-state index in [2.05, 4.69) is 22.8 Å². The summed E-state index contributed by atoms with van der Waals surface area (Å²) in [5.74, 6) is -0.0204. The Hall–Kier alpha value is -2.13. The topological polar surface area (TPSA) is 41.1 Å². The highest BCUT2D eigenvalue weighted by atomic mass is 16.2. The first kappa shape index (κ1) is 14.3. The van der Waals surface area contributed by atoms with Crippen LogP contribution in [-0.2, 0) is 11.2 Å². The first-order valence-corrected chi connectivity index (χ1v) is 6.80. The molecule has 2 rings (SSSR count). The summed E-state index contributed by atoms with van der Waals surface area (Å²) < 4.78 is 0. The second-order valence-electron chi connectivity index (χ2n) is 4.82. The van der Waals surface area contributed by atoms with Gasteiger partial charge in [-0.15, -0.1) is 0 Å². The third-order valence-corrected chi connectivity index (χ3v) is 3.34. The fourth-order valence-electron chi connectivity index (χ4n) is 1.98. The number of carbonyl (C=O) groups is 1. The number of likely N-dealkylation sites (N-methyl/N-ethyl adjacent to an activating group) is 1. The van der Waals surface area contributed by atoms with Crippen molar-refractivity contribution in [2.75, 3.05) is 12.4 Å². The van der Waals surface area contributed by atoms with Crippen molar-refractivity contribution >= 4 is 11.6 Å². The molecule has 1 amide bonds. The van der Waals surface area contributed by atoms with Crippen LogP contribution in [0.5, 0.6) is 0 Å². The monoisotopic (exact) mass is 268 g/mol. The van der Waals surface area contributed by atoms with Crippen molar-refractivity contribution in [3.05, 3.63) is 65.7 Å². The molecule has 0 aliphatic rings. The van der Waals surface area contributed by atoms with E-state index in [1.807, 2.05) is 49.4 Å². The van der Waals surface area contributed by atoms with Gasteiger partial charge < -0.3 is 10.6 Å². The molecule has 0 saturated heterocycles. The summed E-state index contributed by atoms with van der Waals surface area (Å²) in [6.45, 7) is 1.84. The van der Waals surface area contributed by atoms with E-state index in [0.29, 0.717) is 0 Å². The molecule has 1 unspecified atom stereocenters. The number of nitrogens with one attached hydrogen (secondary N) is 2. The smallest absolute Gasteiger partial charge is 0.241 e. The number of anilines is 1. The molecular formula is C17H20N2O. The van der Waals surface area contributed by atoms with Crippen molar-refractivity contribution in [2.45, 2.75) is 19.4 Å². The van der Waals surface area contributed by atoms with Crippen LogP contribution in [0.4, 0.5) is 5.69 Å². The lowest BCUT2D eigenvalue weighted by molar-refractivity contribution is -0.117. The van der Waals surface area contributed by atoms with Crippen LogP contribution in [0, 0.1) is 0 Å². The summed E-state index contributed by atoms with van der Waals surface area (Å²) >= 11 is 0. The molecule has 3 heteroatoms. The second kappa shape index (κ2) is 6.87. The van der Waals surface area contributed by atoms with Crippen LogP contribution < -0.4 is 10.6 Å². The molecule has 2 N–H and O–H groups in total. The molecule has 0 spiro atoms. The SMILES string of the molecule is CNC(C)C(=O)Nc1ccccc1Cc1ccccc1. The van der Waals surface area contributed by atoms with Crippen LogP contribution in [0.15, 0.2) is 54.6 Å². The van der Waals surface area contributed by atoms with Crippen LogP contribution >= 0.6 is 0 Å². The van der Waals surface area contributed by atoms with E-state index in [0.717, 1.165) is 17.7 Å². The zero-order valence-corrected chi connectivity index (χ0v) is 11.9. The first-order valence-electron chi connectivity index (χ1n) is 6.80. The van der Waals surface area contributed by atoms with E-state index in [1.165, 1.54) is 5.56 Å². The number of hydrogen-bond acceptors (Lipinski definition) is 2. The minimum atomic E-state index is -0.209. The Morgan fingerprint density at radius 1 is 1.05 bits per heavy atom. The highest BCUT2D eigenvalue weighted by Crippen LogP contribution is 2.19. The summed E-state index contributed by atoms with van der Waals surface area (Å²) in [6, 6.07) is 18.0. The average molecular weight is 268 g/mol. The minimum absolute atomic E-state index is 0.0204. The fourth-order valence-corrected chi connectivity index (χ4v) is 1.98. The van der Waals surface area contributed by atoms with Gasteiger partial charge in [-0.1, -0.05) is 48.5 Å². The van der Waals surface area contributed by atoms with Crippen molar-refractivity contribution in [2.24, 2.45) is 0 Å². The molecule has 0 bridgehead atoms. The maximum absolute atomic E-state index is 12.0. The molecular weight excluding hydrogens is 248 g/mol. The Bertz CT molecular complexity index is 566. The van der Waals surface area contributed by atoms with Crippen molar-refractivity contribution in [3.63, 3.8) is 0 Å². The van der Waals surface area contributed by atoms with E-state index in [1.54, 1.807) is 7.05 Å². The van der Waals surface area contributed by atoms with Crippen molar-refractivity contribution < 1.29 is 4.79 Å². The predicted molar refractivity (Wildman–Crippen MR) is 82.8 cm³/mol. The standard InChI is InChI=1S/C17H20N2O/c1-13(18-2)17(20)19-16-11-7-6-10-15(16)12-14-8-4-3-5-9-14/h3-11,13,18H,12H2,1-2H3,(H,19,20). The number of para-hydroxylation sites is 1. The maximum atomic E-state index is 12.0. The van der Waals surface area contributed by atoms with Crippen LogP contribution in [-0.4, -0.2) is 19.0 Å². The molecule has 1 atom stereocenters. The maximum Gasteiger partial charge on any atom is 0.241 e. The summed E-state index contributed by atoms with van der Waals surface area (Å²) in [6.07, 6.45) is 0.811. The number of benzene rings is 2. The van der Waals surface area contributed by atoms with Gasteiger partial charge in [-0.05, 0) is 37.6 Å². The van der Waals surface area contributed by atoms with Crippen LogP contribution in [0.1, 0.15) is 18.1 Å². The molecule has 3 nitrogen and oxygen atoms in total. The Kier molecular flexibility index (Phi) is 4.91. The molecule has 104 valence electrons. The Morgan fingerprint density at radius 2 is 1.70 bits per heavy atom. The molecule has 0 aromatic heterocycles. The van der Waals surface area contributed by atoms with Gasteiger partial charge in [0.25, 0.3) is 0 Å². The first-order chi connectivity index (χ1) is 9.70. The molecule has 0 radical (unpaired) electrons. The molecule has 0 aliphatic heterocycles. The largest absolute Gasteiger partial charge is 0.324 e. The van der Waals surface area contributed by atoms with Crippen molar-refractivity contribution in [1.29, 1.82) is 0 Å². The van der Waals surface area contributed by atoms with Gasteiger partial charge in [-0.25, -0.2) is 0 Å². The van der Waals surface area contributed by atoms with Crippen LogP contribution in [0.2, 0.25) is 0 Å².